The summed E-state index contributed by atoms with van der Waals surface area (Å²) >= 11 is 0. The quantitative estimate of drug-likeness (QED) is 0.453. The fourth-order valence-electron chi connectivity index (χ4n) is 3.31. The third-order valence-corrected chi connectivity index (χ3v) is 4.93. The Hall–Kier alpha value is -3.68. The highest BCUT2D eigenvalue weighted by Crippen LogP contribution is 2.28. The molecule has 0 unspecified atom stereocenters. The van der Waals surface area contributed by atoms with Crippen LogP contribution in [0.5, 0.6) is 11.5 Å². The molecule has 1 amide bonds. The van der Waals surface area contributed by atoms with E-state index in [9.17, 15) is 10.1 Å². The average Bonchev–Trinajstić information content (AvgIpc) is 2.83. The number of nitrogens with zero attached hydrogens (tertiary/aromatic N) is 4. The number of hydrazone groups is 1. The van der Waals surface area contributed by atoms with Gasteiger partial charge in [-0.25, -0.2) is 4.98 Å². The highest BCUT2D eigenvalue weighted by molar-refractivity contribution is 5.82. The van der Waals surface area contributed by atoms with E-state index >= 15 is 0 Å². The number of ether oxygens (including phenoxy) is 4. The molecule has 1 aromatic carbocycles. The van der Waals surface area contributed by atoms with Crippen LogP contribution in [0, 0.1) is 18.3 Å². The monoisotopic (exact) mass is 453 g/mol. The number of carbonyl (C=O) groups excluding carboxylic acids is 1. The molecule has 1 N–H and O–H groups in total. The Morgan fingerprint density at radius 3 is 2.79 bits per heavy atom. The zero-order valence-corrected chi connectivity index (χ0v) is 19.0. The molecule has 3 rings (SSSR count). The standard InChI is InChI=1S/C23H27N5O5/c1-16-10-18(14-30-2)19(12-24)23(26-16)27-25-13-17-4-5-20(21(11-17)31-3)33-15-22(29)28-6-8-32-9-7-28/h4-5,10-11,13H,6-9,14-15H2,1-3H3,(H,26,27)/b25-13+. The maximum absolute atomic E-state index is 12.3. The molecule has 1 fully saturated rings. The number of morpholine rings is 1. The number of methoxy groups -OCH3 is 2. The Kier molecular flexibility index (Phi) is 8.57. The summed E-state index contributed by atoms with van der Waals surface area (Å²) < 4.78 is 21.5. The number of aromatic nitrogens is 1. The van der Waals surface area contributed by atoms with Gasteiger partial charge in [-0.1, -0.05) is 0 Å². The summed E-state index contributed by atoms with van der Waals surface area (Å²) in [6.45, 7) is 4.28. The van der Waals surface area contributed by atoms with Crippen molar-refractivity contribution in [2.75, 3.05) is 52.6 Å². The minimum Gasteiger partial charge on any atom is -0.493 e. The minimum atomic E-state index is -0.0954. The third-order valence-electron chi connectivity index (χ3n) is 4.93. The van der Waals surface area contributed by atoms with Crippen LogP contribution in [0.2, 0.25) is 0 Å². The lowest BCUT2D eigenvalue weighted by atomic mass is 10.1. The van der Waals surface area contributed by atoms with E-state index in [1.165, 1.54) is 7.11 Å². The number of hydrogen-bond donors (Lipinski definition) is 1. The second-order valence-electron chi connectivity index (χ2n) is 7.25. The van der Waals surface area contributed by atoms with E-state index in [1.807, 2.05) is 13.0 Å². The lowest BCUT2D eigenvalue weighted by Crippen LogP contribution is -2.43. The molecule has 2 heterocycles. The number of hydrogen-bond acceptors (Lipinski definition) is 9. The summed E-state index contributed by atoms with van der Waals surface area (Å²) in [6, 6.07) is 9.20. The molecule has 0 spiro atoms. The number of rotatable bonds is 9. The van der Waals surface area contributed by atoms with Crippen molar-refractivity contribution in [1.29, 1.82) is 5.26 Å². The predicted molar refractivity (Wildman–Crippen MR) is 122 cm³/mol. The second kappa shape index (κ2) is 11.8. The van der Waals surface area contributed by atoms with Gasteiger partial charge in [-0.2, -0.15) is 10.4 Å². The molecule has 1 aliphatic rings. The Balaban J connectivity index is 1.66. The molecule has 174 valence electrons. The Labute approximate surface area is 192 Å². The molecule has 10 heteroatoms. The topological polar surface area (TPSA) is 118 Å². The molecular formula is C23H27N5O5. The molecule has 33 heavy (non-hydrogen) atoms. The second-order valence-corrected chi connectivity index (χ2v) is 7.25. The first-order valence-corrected chi connectivity index (χ1v) is 10.4. The van der Waals surface area contributed by atoms with Crippen molar-refractivity contribution in [2.45, 2.75) is 13.5 Å². The number of aryl methyl sites for hydroxylation is 1. The highest BCUT2D eigenvalue weighted by atomic mass is 16.5. The Morgan fingerprint density at radius 2 is 2.09 bits per heavy atom. The molecule has 0 saturated carbocycles. The van der Waals surface area contributed by atoms with Gasteiger partial charge in [-0.3, -0.25) is 10.2 Å². The molecule has 0 atom stereocenters. The Bertz CT molecular complexity index is 1040. The van der Waals surface area contributed by atoms with Crippen LogP contribution in [0.25, 0.3) is 0 Å². The molecule has 0 radical (unpaired) electrons. The fourth-order valence-corrected chi connectivity index (χ4v) is 3.31. The summed E-state index contributed by atoms with van der Waals surface area (Å²) in [7, 11) is 3.10. The molecule has 1 aliphatic heterocycles. The van der Waals surface area contributed by atoms with Crippen LogP contribution >= 0.6 is 0 Å². The summed E-state index contributed by atoms with van der Waals surface area (Å²) in [5, 5.41) is 13.7. The summed E-state index contributed by atoms with van der Waals surface area (Å²) in [5.41, 5.74) is 5.42. The minimum absolute atomic E-state index is 0.0783. The highest BCUT2D eigenvalue weighted by Gasteiger charge is 2.18. The summed E-state index contributed by atoms with van der Waals surface area (Å²) in [4.78, 5) is 18.4. The molecular weight excluding hydrogens is 426 g/mol. The van der Waals surface area contributed by atoms with E-state index in [-0.39, 0.29) is 12.5 Å². The van der Waals surface area contributed by atoms with Gasteiger partial charge in [-0.15, -0.1) is 0 Å². The van der Waals surface area contributed by atoms with E-state index in [0.29, 0.717) is 55.8 Å². The van der Waals surface area contributed by atoms with Gasteiger partial charge in [-0.05, 0) is 36.8 Å². The molecule has 2 aromatic rings. The van der Waals surface area contributed by atoms with Crippen LogP contribution < -0.4 is 14.9 Å². The van der Waals surface area contributed by atoms with E-state index in [1.54, 1.807) is 36.4 Å². The smallest absolute Gasteiger partial charge is 0.260 e. The fraction of sp³-hybridized carbons (Fsp3) is 0.391. The average molecular weight is 453 g/mol. The van der Waals surface area contributed by atoms with Gasteiger partial charge in [0, 0.05) is 31.5 Å². The van der Waals surface area contributed by atoms with Crippen molar-refractivity contribution in [1.82, 2.24) is 9.88 Å². The normalized spacial score (nSPS) is 13.6. The van der Waals surface area contributed by atoms with E-state index in [2.05, 4.69) is 21.6 Å². The van der Waals surface area contributed by atoms with E-state index < -0.39 is 0 Å². The van der Waals surface area contributed by atoms with Gasteiger partial charge in [0.15, 0.2) is 23.9 Å². The number of amides is 1. The van der Waals surface area contributed by atoms with Gasteiger partial charge in [0.1, 0.15) is 11.6 Å². The van der Waals surface area contributed by atoms with Crippen molar-refractivity contribution in [3.63, 3.8) is 0 Å². The van der Waals surface area contributed by atoms with Crippen LogP contribution in [-0.4, -0.2) is 69.1 Å². The van der Waals surface area contributed by atoms with Crippen molar-refractivity contribution >= 4 is 17.9 Å². The van der Waals surface area contributed by atoms with Crippen molar-refractivity contribution in [2.24, 2.45) is 5.10 Å². The van der Waals surface area contributed by atoms with Gasteiger partial charge in [0.25, 0.3) is 5.91 Å². The van der Waals surface area contributed by atoms with Crippen molar-refractivity contribution in [3.05, 3.63) is 46.6 Å². The number of pyridine rings is 1. The largest absolute Gasteiger partial charge is 0.493 e. The van der Waals surface area contributed by atoms with Crippen LogP contribution in [0.3, 0.4) is 0 Å². The number of anilines is 1. The van der Waals surface area contributed by atoms with E-state index in [0.717, 1.165) is 16.8 Å². The Morgan fingerprint density at radius 1 is 1.30 bits per heavy atom. The molecule has 10 nitrogen and oxygen atoms in total. The number of nitriles is 1. The third kappa shape index (κ3) is 6.41. The molecule has 1 saturated heterocycles. The SMILES string of the molecule is COCc1cc(C)nc(N/N=C/c2ccc(OCC(=O)N3CCOCC3)c(OC)c2)c1C#N. The zero-order chi connectivity index (χ0) is 23.6. The van der Waals surface area contributed by atoms with Crippen LogP contribution in [0.15, 0.2) is 29.4 Å². The first-order valence-electron chi connectivity index (χ1n) is 10.4. The summed E-state index contributed by atoms with van der Waals surface area (Å²) in [5.74, 6) is 1.19. The molecule has 0 bridgehead atoms. The number of nitrogens with one attached hydrogen (secondary N) is 1. The van der Waals surface area contributed by atoms with Crippen molar-refractivity contribution in [3.8, 4) is 17.6 Å². The maximum Gasteiger partial charge on any atom is 0.260 e. The lowest BCUT2D eigenvalue weighted by Gasteiger charge is -2.26. The lowest BCUT2D eigenvalue weighted by molar-refractivity contribution is -0.137. The first-order chi connectivity index (χ1) is 16.0. The predicted octanol–water partition coefficient (Wildman–Crippen LogP) is 2.10. The van der Waals surface area contributed by atoms with Crippen LogP contribution in [0.4, 0.5) is 5.82 Å². The molecule has 0 aliphatic carbocycles. The zero-order valence-electron chi connectivity index (χ0n) is 19.0. The maximum atomic E-state index is 12.3. The van der Waals surface area contributed by atoms with E-state index in [4.69, 9.17) is 18.9 Å². The molecule has 1 aromatic heterocycles. The van der Waals surface area contributed by atoms with Gasteiger partial charge in [0.05, 0.1) is 33.1 Å². The van der Waals surface area contributed by atoms with Crippen LogP contribution in [-0.2, 0) is 20.9 Å². The van der Waals surface area contributed by atoms with Gasteiger partial charge in [0.2, 0.25) is 0 Å². The number of benzene rings is 1. The first kappa shape index (κ1) is 24.0. The summed E-state index contributed by atoms with van der Waals surface area (Å²) in [6.07, 6.45) is 1.58. The van der Waals surface area contributed by atoms with Gasteiger partial charge < -0.3 is 23.8 Å². The van der Waals surface area contributed by atoms with Gasteiger partial charge >= 0.3 is 0 Å². The number of carbonyl (C=O) groups is 1. The van der Waals surface area contributed by atoms with Crippen LogP contribution in [0.1, 0.15) is 22.4 Å². The van der Waals surface area contributed by atoms with Crippen molar-refractivity contribution < 1.29 is 23.7 Å².